The number of halogens is 2. The summed E-state index contributed by atoms with van der Waals surface area (Å²) in [7, 11) is 0. The Morgan fingerprint density at radius 3 is 2.54 bits per heavy atom. The van der Waals surface area contributed by atoms with Gasteiger partial charge in [-0.25, -0.2) is 4.68 Å². The molecule has 0 aliphatic rings. The van der Waals surface area contributed by atoms with Crippen molar-refractivity contribution in [3.8, 4) is 5.69 Å². The van der Waals surface area contributed by atoms with Crippen molar-refractivity contribution in [1.29, 1.82) is 0 Å². The van der Waals surface area contributed by atoms with E-state index in [0.717, 1.165) is 5.69 Å². The van der Waals surface area contributed by atoms with Crippen LogP contribution in [0.3, 0.4) is 0 Å². The van der Waals surface area contributed by atoms with E-state index < -0.39 is 11.3 Å². The van der Waals surface area contributed by atoms with Crippen LogP contribution >= 0.6 is 23.2 Å². The lowest BCUT2D eigenvalue weighted by molar-refractivity contribution is 0.0943. The summed E-state index contributed by atoms with van der Waals surface area (Å²) in [5, 5.41) is 7.85. The van der Waals surface area contributed by atoms with Crippen molar-refractivity contribution < 1.29 is 4.79 Å². The zero-order valence-corrected chi connectivity index (χ0v) is 15.4. The van der Waals surface area contributed by atoms with Crippen molar-refractivity contribution in [3.05, 3.63) is 91.8 Å². The SMILES string of the molecule is Cc1cc(=O)c(C(=O)NCc2ccc(Cl)cc2Cl)nn1-c1ccccc1. The van der Waals surface area contributed by atoms with E-state index in [2.05, 4.69) is 10.4 Å². The van der Waals surface area contributed by atoms with Crippen LogP contribution in [0.1, 0.15) is 21.7 Å². The number of rotatable bonds is 4. The molecule has 3 aromatic rings. The maximum absolute atomic E-state index is 12.5. The van der Waals surface area contributed by atoms with Gasteiger partial charge in [-0.1, -0.05) is 47.5 Å². The second kappa shape index (κ2) is 7.72. The summed E-state index contributed by atoms with van der Waals surface area (Å²) in [5.74, 6) is -0.564. The van der Waals surface area contributed by atoms with Crippen LogP contribution in [0, 0.1) is 6.92 Å². The van der Waals surface area contributed by atoms with E-state index in [1.165, 1.54) is 6.07 Å². The Bertz CT molecular complexity index is 1020. The minimum absolute atomic E-state index is 0.162. The van der Waals surface area contributed by atoms with Gasteiger partial charge in [-0.3, -0.25) is 9.59 Å². The van der Waals surface area contributed by atoms with Crippen LogP contribution in [0.25, 0.3) is 5.69 Å². The number of hydrogen-bond acceptors (Lipinski definition) is 3. The fourth-order valence-electron chi connectivity index (χ4n) is 2.46. The smallest absolute Gasteiger partial charge is 0.276 e. The molecular weight excluding hydrogens is 373 g/mol. The summed E-state index contributed by atoms with van der Waals surface area (Å²) >= 11 is 12.0. The van der Waals surface area contributed by atoms with Crippen LogP contribution in [0.15, 0.2) is 59.4 Å². The molecule has 0 bridgehead atoms. The van der Waals surface area contributed by atoms with Crippen LogP contribution in [0.5, 0.6) is 0 Å². The molecule has 0 aliphatic carbocycles. The number of aromatic nitrogens is 2. The Labute approximate surface area is 160 Å². The molecule has 0 saturated carbocycles. The standard InChI is InChI=1S/C19H15Cl2N3O2/c1-12-9-17(25)18(23-24(12)15-5-3-2-4-6-15)19(26)22-11-13-7-8-14(20)10-16(13)21/h2-10H,11H2,1H3,(H,22,26). The van der Waals surface area contributed by atoms with E-state index in [1.54, 1.807) is 29.8 Å². The van der Waals surface area contributed by atoms with Crippen molar-refractivity contribution in [3.63, 3.8) is 0 Å². The van der Waals surface area contributed by atoms with E-state index in [1.807, 2.05) is 30.3 Å². The number of para-hydroxylation sites is 1. The van der Waals surface area contributed by atoms with Gasteiger partial charge in [0.2, 0.25) is 5.43 Å². The quantitative estimate of drug-likeness (QED) is 0.740. The second-order valence-corrected chi connectivity index (χ2v) is 6.51. The molecule has 1 N–H and O–H groups in total. The van der Waals surface area contributed by atoms with Crippen molar-refractivity contribution in [2.75, 3.05) is 0 Å². The first kappa shape index (κ1) is 18.2. The topological polar surface area (TPSA) is 64.0 Å². The third-order valence-electron chi connectivity index (χ3n) is 3.78. The van der Waals surface area contributed by atoms with E-state index in [4.69, 9.17) is 23.2 Å². The number of hydrogen-bond donors (Lipinski definition) is 1. The summed E-state index contributed by atoms with van der Waals surface area (Å²) in [5.41, 5.74) is 1.48. The number of amides is 1. The third kappa shape index (κ3) is 3.95. The van der Waals surface area contributed by atoms with Gasteiger partial charge < -0.3 is 5.32 Å². The Morgan fingerprint density at radius 1 is 1.12 bits per heavy atom. The largest absolute Gasteiger partial charge is 0.346 e. The lowest BCUT2D eigenvalue weighted by Crippen LogP contribution is -2.31. The number of carbonyl (C=O) groups excluding carboxylic acids is 1. The minimum Gasteiger partial charge on any atom is -0.346 e. The first-order valence-electron chi connectivity index (χ1n) is 7.84. The van der Waals surface area contributed by atoms with E-state index in [-0.39, 0.29) is 12.2 Å². The monoisotopic (exact) mass is 387 g/mol. The van der Waals surface area contributed by atoms with Gasteiger partial charge >= 0.3 is 0 Å². The molecule has 3 rings (SSSR count). The minimum atomic E-state index is -0.564. The molecule has 0 unspecified atom stereocenters. The van der Waals surface area contributed by atoms with Crippen LogP contribution in [0.2, 0.25) is 10.0 Å². The van der Waals surface area contributed by atoms with Gasteiger partial charge in [-0.15, -0.1) is 0 Å². The molecule has 132 valence electrons. The van der Waals surface area contributed by atoms with E-state index >= 15 is 0 Å². The zero-order chi connectivity index (χ0) is 18.7. The van der Waals surface area contributed by atoms with Gasteiger partial charge in [0.05, 0.1) is 5.69 Å². The normalized spacial score (nSPS) is 10.6. The third-order valence-corrected chi connectivity index (χ3v) is 4.36. The Morgan fingerprint density at radius 2 is 1.85 bits per heavy atom. The number of nitrogens with one attached hydrogen (secondary N) is 1. The van der Waals surface area contributed by atoms with Gasteiger partial charge in [0, 0.05) is 28.4 Å². The Kier molecular flexibility index (Phi) is 5.40. The number of nitrogens with zero attached hydrogens (tertiary/aromatic N) is 2. The van der Waals surface area contributed by atoms with Crippen molar-refractivity contribution in [2.24, 2.45) is 0 Å². The zero-order valence-electron chi connectivity index (χ0n) is 13.9. The molecule has 1 heterocycles. The molecule has 1 amide bonds. The van der Waals surface area contributed by atoms with Gasteiger partial charge in [0.1, 0.15) is 0 Å². The molecule has 0 radical (unpaired) electrons. The lowest BCUT2D eigenvalue weighted by atomic mass is 10.2. The molecule has 0 aliphatic heterocycles. The molecular formula is C19H15Cl2N3O2. The highest BCUT2D eigenvalue weighted by Gasteiger charge is 2.15. The van der Waals surface area contributed by atoms with Gasteiger partial charge in [-0.2, -0.15) is 5.10 Å². The molecule has 2 aromatic carbocycles. The Balaban J connectivity index is 1.86. The molecule has 0 atom stereocenters. The summed E-state index contributed by atoms with van der Waals surface area (Å²) in [6.07, 6.45) is 0. The van der Waals surface area contributed by atoms with Crippen LogP contribution < -0.4 is 10.7 Å². The number of benzene rings is 2. The number of carbonyl (C=O) groups is 1. The van der Waals surface area contributed by atoms with Crippen molar-refractivity contribution in [1.82, 2.24) is 15.1 Å². The predicted octanol–water partition coefficient (Wildman–Crippen LogP) is 3.78. The summed E-state index contributed by atoms with van der Waals surface area (Å²) < 4.78 is 1.56. The van der Waals surface area contributed by atoms with Crippen LogP contribution in [-0.4, -0.2) is 15.7 Å². The molecule has 5 nitrogen and oxygen atoms in total. The molecule has 7 heteroatoms. The fourth-order valence-corrected chi connectivity index (χ4v) is 2.93. The maximum Gasteiger partial charge on any atom is 0.276 e. The van der Waals surface area contributed by atoms with Crippen molar-refractivity contribution >= 4 is 29.1 Å². The van der Waals surface area contributed by atoms with Gasteiger partial charge in [-0.05, 0) is 36.8 Å². The van der Waals surface area contributed by atoms with Crippen molar-refractivity contribution in [2.45, 2.75) is 13.5 Å². The second-order valence-electron chi connectivity index (χ2n) is 5.66. The fraction of sp³-hybridized carbons (Fsp3) is 0.105. The Hall–Kier alpha value is -2.63. The highest BCUT2D eigenvalue weighted by Crippen LogP contribution is 2.20. The lowest BCUT2D eigenvalue weighted by Gasteiger charge is -2.11. The molecule has 0 fully saturated rings. The predicted molar refractivity (Wildman–Crippen MR) is 102 cm³/mol. The molecule has 26 heavy (non-hydrogen) atoms. The first-order valence-corrected chi connectivity index (χ1v) is 8.60. The maximum atomic E-state index is 12.5. The average molecular weight is 388 g/mol. The first-order chi connectivity index (χ1) is 12.5. The highest BCUT2D eigenvalue weighted by atomic mass is 35.5. The average Bonchev–Trinajstić information content (AvgIpc) is 2.61. The summed E-state index contributed by atoms with van der Waals surface area (Å²) in [4.78, 5) is 24.7. The van der Waals surface area contributed by atoms with Crippen LogP contribution in [-0.2, 0) is 6.54 Å². The van der Waals surface area contributed by atoms with Gasteiger partial charge in [0.25, 0.3) is 5.91 Å². The molecule has 1 aromatic heterocycles. The van der Waals surface area contributed by atoms with E-state index in [0.29, 0.717) is 21.3 Å². The summed E-state index contributed by atoms with van der Waals surface area (Å²) in [6.45, 7) is 1.92. The van der Waals surface area contributed by atoms with E-state index in [9.17, 15) is 9.59 Å². The highest BCUT2D eigenvalue weighted by molar-refractivity contribution is 6.35. The molecule has 0 spiro atoms. The number of aryl methyl sites for hydroxylation is 1. The van der Waals surface area contributed by atoms with Gasteiger partial charge in [0.15, 0.2) is 5.69 Å². The molecule has 0 saturated heterocycles. The summed E-state index contributed by atoms with van der Waals surface area (Å²) in [6, 6.07) is 15.7. The van der Waals surface area contributed by atoms with Crippen LogP contribution in [0.4, 0.5) is 0 Å².